The highest BCUT2D eigenvalue weighted by Crippen LogP contribution is 2.32. The Morgan fingerprint density at radius 3 is 2.63 bits per heavy atom. The van der Waals surface area contributed by atoms with Crippen molar-refractivity contribution in [3.8, 4) is 33.9 Å². The van der Waals surface area contributed by atoms with Gasteiger partial charge in [-0.05, 0) is 60.7 Å². The first-order valence-corrected chi connectivity index (χ1v) is 13.1. The van der Waals surface area contributed by atoms with E-state index < -0.39 is 0 Å². The van der Waals surface area contributed by atoms with Gasteiger partial charge in [0.2, 0.25) is 0 Å². The van der Waals surface area contributed by atoms with Gasteiger partial charge in [0.15, 0.2) is 5.82 Å². The Morgan fingerprint density at radius 1 is 0.868 bits per heavy atom. The van der Waals surface area contributed by atoms with Crippen molar-refractivity contribution < 1.29 is 0 Å². The number of hydrogen-bond donors (Lipinski definition) is 3. The van der Waals surface area contributed by atoms with Crippen molar-refractivity contribution in [2.75, 3.05) is 6.54 Å². The van der Waals surface area contributed by atoms with Crippen LogP contribution in [0.5, 0.6) is 0 Å². The van der Waals surface area contributed by atoms with Crippen LogP contribution in [-0.2, 0) is 6.54 Å². The van der Waals surface area contributed by atoms with Gasteiger partial charge in [0.25, 0.3) is 0 Å². The molecular weight excluding hydrogens is 474 g/mol. The van der Waals surface area contributed by atoms with Crippen LogP contribution in [0.3, 0.4) is 0 Å². The minimum absolute atomic E-state index is 0.676. The lowest BCUT2D eigenvalue weighted by atomic mass is 10.1. The Hall–Kier alpha value is -4.50. The molecule has 38 heavy (non-hydrogen) atoms. The van der Waals surface area contributed by atoms with E-state index in [2.05, 4.69) is 52.6 Å². The fourth-order valence-corrected chi connectivity index (χ4v) is 5.40. The van der Waals surface area contributed by atoms with Gasteiger partial charge in [-0.2, -0.15) is 5.10 Å². The Morgan fingerprint density at radius 2 is 1.74 bits per heavy atom. The summed E-state index contributed by atoms with van der Waals surface area (Å²) in [6, 6.07) is 8.13. The molecule has 0 aliphatic heterocycles. The number of imidazole rings is 1. The number of H-pyrrole nitrogens is 2. The number of pyridine rings is 4. The zero-order valence-electron chi connectivity index (χ0n) is 20.9. The topological polar surface area (TPSA) is 121 Å². The van der Waals surface area contributed by atoms with Gasteiger partial charge in [-0.15, -0.1) is 0 Å². The highest BCUT2D eigenvalue weighted by Gasteiger charge is 2.17. The molecule has 188 valence electrons. The Labute approximate surface area is 219 Å². The van der Waals surface area contributed by atoms with Crippen LogP contribution in [0.15, 0.2) is 67.6 Å². The summed E-state index contributed by atoms with van der Waals surface area (Å²) in [5, 5.41) is 12.2. The van der Waals surface area contributed by atoms with Crippen LogP contribution >= 0.6 is 0 Å². The van der Waals surface area contributed by atoms with Crippen molar-refractivity contribution >= 4 is 21.9 Å². The first-order chi connectivity index (χ1) is 18.8. The Kier molecular flexibility index (Phi) is 5.82. The molecule has 0 atom stereocenters. The first-order valence-electron chi connectivity index (χ1n) is 13.1. The van der Waals surface area contributed by atoms with Crippen molar-refractivity contribution in [2.24, 2.45) is 5.92 Å². The van der Waals surface area contributed by atoms with Crippen molar-refractivity contribution in [2.45, 2.75) is 32.2 Å². The molecule has 0 amide bonds. The maximum Gasteiger partial charge on any atom is 0.159 e. The lowest BCUT2D eigenvalue weighted by Crippen LogP contribution is -2.20. The molecule has 0 bridgehead atoms. The highest BCUT2D eigenvalue weighted by molar-refractivity contribution is 5.97. The molecule has 0 aromatic carbocycles. The van der Waals surface area contributed by atoms with Gasteiger partial charge >= 0.3 is 0 Å². The van der Waals surface area contributed by atoms with E-state index in [0.717, 1.165) is 74.6 Å². The second-order valence-electron chi connectivity index (χ2n) is 9.96. The molecule has 9 nitrogen and oxygen atoms in total. The van der Waals surface area contributed by atoms with Crippen molar-refractivity contribution in [3.05, 3.63) is 73.2 Å². The minimum Gasteiger partial charge on any atom is -0.335 e. The molecule has 7 rings (SSSR count). The van der Waals surface area contributed by atoms with E-state index in [9.17, 15) is 0 Å². The summed E-state index contributed by atoms with van der Waals surface area (Å²) in [5.74, 6) is 1.49. The molecule has 1 saturated carbocycles. The first kappa shape index (κ1) is 22.7. The largest absolute Gasteiger partial charge is 0.335 e. The zero-order valence-corrected chi connectivity index (χ0v) is 20.9. The van der Waals surface area contributed by atoms with Crippen molar-refractivity contribution in [1.29, 1.82) is 0 Å². The Bertz CT molecular complexity index is 1710. The number of aromatic amines is 2. The maximum absolute atomic E-state index is 4.93. The van der Waals surface area contributed by atoms with E-state index in [1.807, 2.05) is 36.9 Å². The number of fused-ring (bicyclic) bond motifs is 2. The summed E-state index contributed by atoms with van der Waals surface area (Å²) < 4.78 is 0. The van der Waals surface area contributed by atoms with Crippen molar-refractivity contribution in [3.63, 3.8) is 0 Å². The quantitative estimate of drug-likeness (QED) is 0.271. The molecule has 6 heterocycles. The zero-order chi connectivity index (χ0) is 25.3. The molecule has 0 radical (unpaired) electrons. The number of aromatic nitrogens is 8. The number of hydrogen-bond acceptors (Lipinski definition) is 7. The molecule has 1 aliphatic carbocycles. The number of nitrogens with one attached hydrogen (secondary N) is 3. The third-order valence-corrected chi connectivity index (χ3v) is 7.38. The van der Waals surface area contributed by atoms with Crippen LogP contribution < -0.4 is 5.32 Å². The van der Waals surface area contributed by atoms with Gasteiger partial charge < -0.3 is 10.3 Å². The molecule has 0 spiro atoms. The molecule has 0 unspecified atom stereocenters. The van der Waals surface area contributed by atoms with Crippen LogP contribution in [0, 0.1) is 5.92 Å². The fraction of sp³-hybridized carbons (Fsp3) is 0.241. The van der Waals surface area contributed by atoms with Crippen LogP contribution in [0.1, 0.15) is 31.2 Å². The van der Waals surface area contributed by atoms with Gasteiger partial charge in [0.1, 0.15) is 5.69 Å². The molecular formula is C29H27N9. The van der Waals surface area contributed by atoms with Gasteiger partial charge in [-0.25, -0.2) is 4.98 Å². The average molecular weight is 502 g/mol. The SMILES string of the molecule is c1cc(-c2cncc3[nH]c(-c4n[nH]c5cnc(-c6cncc(CNCC7CCCC7)c6)cc45)nc23)ccn1. The minimum atomic E-state index is 0.676. The summed E-state index contributed by atoms with van der Waals surface area (Å²) in [5.41, 5.74) is 8.22. The van der Waals surface area contributed by atoms with Crippen LogP contribution in [-0.4, -0.2) is 46.6 Å². The fourth-order valence-electron chi connectivity index (χ4n) is 5.40. The van der Waals surface area contributed by atoms with E-state index in [1.54, 1.807) is 18.6 Å². The van der Waals surface area contributed by atoms with Crippen LogP contribution in [0.2, 0.25) is 0 Å². The standard InChI is InChI=1S/C29H27N9/c1-2-4-18(3-1)11-31-12-19-9-21(14-32-13-19)24-10-22-25(17-34-24)37-38-28(22)29-35-26-16-33-15-23(27(26)36-29)20-5-7-30-8-6-20/h5-10,13-18,31H,1-4,11-12H2,(H,35,36)(H,37,38). The predicted molar refractivity (Wildman–Crippen MR) is 147 cm³/mol. The lowest BCUT2D eigenvalue weighted by molar-refractivity contribution is 0.489. The highest BCUT2D eigenvalue weighted by atomic mass is 15.1. The summed E-state index contributed by atoms with van der Waals surface area (Å²) in [4.78, 5) is 26.0. The molecule has 9 heteroatoms. The number of rotatable bonds is 7. The summed E-state index contributed by atoms with van der Waals surface area (Å²) >= 11 is 0. The van der Waals surface area contributed by atoms with E-state index >= 15 is 0 Å². The second-order valence-corrected chi connectivity index (χ2v) is 9.96. The van der Waals surface area contributed by atoms with Crippen molar-refractivity contribution in [1.82, 2.24) is 45.4 Å². The van der Waals surface area contributed by atoms with E-state index in [0.29, 0.717) is 5.82 Å². The van der Waals surface area contributed by atoms with Crippen LogP contribution in [0.4, 0.5) is 0 Å². The Balaban J connectivity index is 1.20. The number of nitrogens with zero attached hydrogens (tertiary/aromatic N) is 6. The van der Waals surface area contributed by atoms with E-state index in [-0.39, 0.29) is 0 Å². The summed E-state index contributed by atoms with van der Waals surface area (Å²) in [7, 11) is 0. The van der Waals surface area contributed by atoms with E-state index in [4.69, 9.17) is 4.98 Å². The lowest BCUT2D eigenvalue weighted by Gasteiger charge is -2.11. The van der Waals surface area contributed by atoms with Gasteiger partial charge in [-0.3, -0.25) is 25.0 Å². The molecule has 6 aromatic rings. The third-order valence-electron chi connectivity index (χ3n) is 7.38. The normalized spacial score (nSPS) is 14.1. The molecule has 1 fully saturated rings. The van der Waals surface area contributed by atoms with Crippen LogP contribution in [0.25, 0.3) is 55.8 Å². The monoisotopic (exact) mass is 501 g/mol. The summed E-state index contributed by atoms with van der Waals surface area (Å²) in [6.45, 7) is 1.88. The molecule has 6 aromatic heterocycles. The molecule has 0 saturated heterocycles. The average Bonchev–Trinajstić information content (AvgIpc) is 3.73. The van der Waals surface area contributed by atoms with E-state index in [1.165, 1.54) is 25.7 Å². The molecule has 3 N–H and O–H groups in total. The third kappa shape index (κ3) is 4.31. The maximum atomic E-state index is 4.93. The van der Waals surface area contributed by atoms with Gasteiger partial charge in [-0.1, -0.05) is 12.8 Å². The smallest absolute Gasteiger partial charge is 0.159 e. The predicted octanol–water partition coefficient (Wildman–Crippen LogP) is 5.30. The second kappa shape index (κ2) is 9.75. The van der Waals surface area contributed by atoms with Gasteiger partial charge in [0.05, 0.1) is 34.6 Å². The molecule has 1 aliphatic rings. The summed E-state index contributed by atoms with van der Waals surface area (Å²) in [6.07, 6.45) is 18.2. The van der Waals surface area contributed by atoms with Gasteiger partial charge in [0, 0.05) is 54.0 Å².